The molecule has 0 bridgehead atoms. The number of carbonyl (C=O) groups excluding carboxylic acids is 3. The second-order valence-corrected chi connectivity index (χ2v) is 5.36. The molecule has 2 saturated heterocycles. The molecule has 2 aliphatic rings. The minimum atomic E-state index is -0.675. The molecule has 6 nitrogen and oxygen atoms in total. The van der Waals surface area contributed by atoms with Crippen molar-refractivity contribution in [1.29, 1.82) is 0 Å². The molecule has 0 aromatic heterocycles. The summed E-state index contributed by atoms with van der Waals surface area (Å²) in [5.41, 5.74) is 1.50. The van der Waals surface area contributed by atoms with Crippen LogP contribution in [0.15, 0.2) is 24.3 Å². The van der Waals surface area contributed by atoms with Crippen LogP contribution in [0, 0.1) is 0 Å². The third kappa shape index (κ3) is 2.46. The van der Waals surface area contributed by atoms with Gasteiger partial charge in [0.15, 0.2) is 18.1 Å². The smallest absolute Gasteiger partial charge is 0.343 e. The predicted octanol–water partition coefficient (Wildman–Crippen LogP) is 1.77. The molecular weight excluding hydrogens is 297 g/mol. The molecule has 0 saturated carbocycles. The molecule has 3 rings (SSSR count). The Kier molecular flexibility index (Phi) is 3.54. The van der Waals surface area contributed by atoms with Crippen molar-refractivity contribution in [3.63, 3.8) is 0 Å². The van der Waals surface area contributed by atoms with E-state index in [1.54, 1.807) is 24.3 Å². The number of nitrogens with zero attached hydrogens (tertiary/aromatic N) is 3. The van der Waals surface area contributed by atoms with Crippen LogP contribution in [-0.4, -0.2) is 41.7 Å². The van der Waals surface area contributed by atoms with Gasteiger partial charge in [-0.2, -0.15) is 4.31 Å². The van der Waals surface area contributed by atoms with Crippen molar-refractivity contribution in [1.82, 2.24) is 4.31 Å². The molecule has 0 aliphatic carbocycles. The van der Waals surface area contributed by atoms with Crippen LogP contribution in [-0.2, 0) is 9.59 Å². The summed E-state index contributed by atoms with van der Waals surface area (Å²) in [4.78, 5) is 37.7. The van der Waals surface area contributed by atoms with Gasteiger partial charge in [0.2, 0.25) is 5.91 Å². The van der Waals surface area contributed by atoms with E-state index in [2.05, 4.69) is 0 Å². The van der Waals surface area contributed by atoms with E-state index >= 15 is 0 Å². The zero-order valence-electron chi connectivity index (χ0n) is 11.0. The Morgan fingerprint density at radius 2 is 1.62 bits per heavy atom. The van der Waals surface area contributed by atoms with Crippen LogP contribution < -0.4 is 9.80 Å². The fraction of sp³-hybridized carbons (Fsp3) is 0.308. The molecular formula is C13H12FN3O3S. The van der Waals surface area contributed by atoms with Crippen LogP contribution in [0.25, 0.3) is 0 Å². The fourth-order valence-electron chi connectivity index (χ4n) is 2.33. The minimum absolute atomic E-state index is 0.0883. The van der Waals surface area contributed by atoms with E-state index in [9.17, 15) is 18.3 Å². The lowest BCUT2D eigenvalue weighted by Gasteiger charge is -2.33. The molecule has 1 aromatic carbocycles. The van der Waals surface area contributed by atoms with Crippen LogP contribution in [0.5, 0.6) is 0 Å². The highest BCUT2D eigenvalue weighted by Crippen LogP contribution is 2.28. The van der Waals surface area contributed by atoms with E-state index in [4.69, 9.17) is 0 Å². The van der Waals surface area contributed by atoms with Gasteiger partial charge in [0.1, 0.15) is 0 Å². The van der Waals surface area contributed by atoms with E-state index in [0.717, 1.165) is 5.69 Å². The molecule has 3 amide bonds. The summed E-state index contributed by atoms with van der Waals surface area (Å²) in [7, 11) is 0. The number of hydrogen-bond donors (Lipinski definition) is 0. The largest absolute Gasteiger partial charge is 0.357 e. The first-order valence-corrected chi connectivity index (χ1v) is 7.07. The van der Waals surface area contributed by atoms with Crippen LogP contribution in [0.3, 0.4) is 0 Å². The Balaban J connectivity index is 1.76. The summed E-state index contributed by atoms with van der Waals surface area (Å²) in [6.45, 7) is 1.04. The highest BCUT2D eigenvalue weighted by atomic mass is 32.2. The number of halogens is 1. The number of carbonyl (C=O) groups is 3. The zero-order valence-corrected chi connectivity index (χ0v) is 11.8. The summed E-state index contributed by atoms with van der Waals surface area (Å²) in [6, 6.07) is 6.39. The molecule has 2 aliphatic heterocycles. The normalized spacial score (nSPS) is 19.1. The third-order valence-corrected chi connectivity index (χ3v) is 4.01. The molecule has 0 N–H and O–H groups in total. The Morgan fingerprint density at radius 1 is 1.00 bits per heavy atom. The van der Waals surface area contributed by atoms with E-state index < -0.39 is 11.9 Å². The van der Waals surface area contributed by atoms with Crippen molar-refractivity contribution in [3.05, 3.63) is 24.3 Å². The third-order valence-electron chi connectivity index (χ3n) is 3.51. The van der Waals surface area contributed by atoms with Crippen LogP contribution in [0.2, 0.25) is 0 Å². The van der Waals surface area contributed by atoms with E-state index in [1.165, 1.54) is 4.90 Å². The molecule has 0 unspecified atom stereocenters. The monoisotopic (exact) mass is 309 g/mol. The number of benzene rings is 1. The number of ketones is 1. The second kappa shape index (κ2) is 5.36. The van der Waals surface area contributed by atoms with Crippen molar-refractivity contribution in [3.8, 4) is 0 Å². The Morgan fingerprint density at radius 3 is 2.19 bits per heavy atom. The number of imide groups is 1. The molecule has 1 aromatic rings. The van der Waals surface area contributed by atoms with Gasteiger partial charge < -0.3 is 4.90 Å². The first-order chi connectivity index (χ1) is 10.1. The van der Waals surface area contributed by atoms with Gasteiger partial charge in [0.25, 0.3) is 0 Å². The van der Waals surface area contributed by atoms with E-state index in [1.807, 2.05) is 4.90 Å². The maximum atomic E-state index is 12.7. The number of Topliss-reactive ketones (excluding diaryl/α,β-unsaturated/α-hetero) is 1. The minimum Gasteiger partial charge on any atom is -0.357 e. The maximum absolute atomic E-state index is 12.7. The van der Waals surface area contributed by atoms with Crippen molar-refractivity contribution in [2.24, 2.45) is 0 Å². The number of rotatable bonds is 3. The molecule has 0 radical (unpaired) electrons. The van der Waals surface area contributed by atoms with Gasteiger partial charge in [-0.05, 0) is 24.3 Å². The van der Waals surface area contributed by atoms with Crippen molar-refractivity contribution >= 4 is 41.4 Å². The van der Waals surface area contributed by atoms with Crippen LogP contribution in [0.1, 0.15) is 6.42 Å². The summed E-state index contributed by atoms with van der Waals surface area (Å²) in [6.07, 6.45) is 0.0883. The van der Waals surface area contributed by atoms with Crippen molar-refractivity contribution in [2.75, 3.05) is 29.4 Å². The van der Waals surface area contributed by atoms with Gasteiger partial charge in [0, 0.05) is 24.3 Å². The molecule has 0 spiro atoms. The maximum Gasteiger partial charge on any atom is 0.343 e. The second-order valence-electron chi connectivity index (χ2n) is 4.85. The van der Waals surface area contributed by atoms with Crippen LogP contribution >= 0.6 is 12.3 Å². The quantitative estimate of drug-likeness (QED) is 0.796. The molecule has 2 heterocycles. The molecule has 0 atom stereocenters. The Bertz CT molecular complexity index is 599. The molecule has 21 heavy (non-hydrogen) atoms. The SMILES string of the molecule is O=C1CN(c2ccc(N3CCC(=O)N(SF)C3=O)cc2)C1. The lowest BCUT2D eigenvalue weighted by molar-refractivity contribution is -0.124. The lowest BCUT2D eigenvalue weighted by Crippen LogP contribution is -2.49. The summed E-state index contributed by atoms with van der Waals surface area (Å²) >= 11 is -0.372. The van der Waals surface area contributed by atoms with E-state index in [0.29, 0.717) is 23.1 Å². The number of urea groups is 1. The molecule has 110 valence electrons. The Labute approximate surface area is 124 Å². The summed E-state index contributed by atoms with van der Waals surface area (Å²) in [5, 5.41) is 0. The lowest BCUT2D eigenvalue weighted by atomic mass is 10.1. The van der Waals surface area contributed by atoms with Crippen molar-refractivity contribution in [2.45, 2.75) is 6.42 Å². The molecule has 2 fully saturated rings. The summed E-state index contributed by atoms with van der Waals surface area (Å²) < 4.78 is 13.2. The first-order valence-electron chi connectivity index (χ1n) is 6.40. The number of anilines is 2. The highest BCUT2D eigenvalue weighted by Gasteiger charge is 2.34. The number of hydrogen-bond acceptors (Lipinski definition) is 5. The fourth-order valence-corrected chi connectivity index (χ4v) is 2.66. The predicted molar refractivity (Wildman–Crippen MR) is 76.6 cm³/mol. The van der Waals surface area contributed by atoms with Crippen LogP contribution in [0.4, 0.5) is 20.1 Å². The highest BCUT2D eigenvalue weighted by molar-refractivity contribution is 7.93. The van der Waals surface area contributed by atoms with Crippen molar-refractivity contribution < 1.29 is 18.3 Å². The summed E-state index contributed by atoms with van der Waals surface area (Å²) in [5.74, 6) is -0.334. The average molecular weight is 309 g/mol. The topological polar surface area (TPSA) is 60.9 Å². The van der Waals surface area contributed by atoms with Gasteiger partial charge in [-0.1, -0.05) is 0 Å². The molecule has 8 heteroatoms. The Hall–Kier alpha value is -2.09. The number of amides is 3. The standard InChI is InChI=1S/C13H12FN3O3S/c14-21-17-12(19)5-6-16(13(17)20)10-3-1-9(2-4-10)15-7-11(18)8-15/h1-4H,5-8H2. The average Bonchev–Trinajstić information content (AvgIpc) is 2.45. The van der Waals surface area contributed by atoms with E-state index in [-0.39, 0.29) is 31.1 Å². The van der Waals surface area contributed by atoms with Gasteiger partial charge in [-0.25, -0.2) is 4.79 Å². The van der Waals surface area contributed by atoms with Gasteiger partial charge >= 0.3 is 6.03 Å². The van der Waals surface area contributed by atoms with Gasteiger partial charge in [-0.3, -0.25) is 14.5 Å². The van der Waals surface area contributed by atoms with Gasteiger partial charge in [-0.15, -0.1) is 3.89 Å². The first kappa shape index (κ1) is 13.9. The van der Waals surface area contributed by atoms with Gasteiger partial charge in [0.05, 0.1) is 13.1 Å². The zero-order chi connectivity index (χ0) is 15.0.